The van der Waals surface area contributed by atoms with Crippen molar-refractivity contribution < 1.29 is 14.6 Å². The van der Waals surface area contributed by atoms with Gasteiger partial charge in [0.25, 0.3) is 0 Å². The van der Waals surface area contributed by atoms with E-state index in [0.29, 0.717) is 11.8 Å². The van der Waals surface area contributed by atoms with Gasteiger partial charge in [0.15, 0.2) is 5.60 Å². The standard InChI is InChI=1S/C11H16O3/c1-10-3-7-2-8(4-10)6-11(5-7,14-10)9(12)13/h7-8H,2-6H2,1H3,(H,12,13). The van der Waals surface area contributed by atoms with Crippen LogP contribution in [0.1, 0.15) is 39.0 Å². The summed E-state index contributed by atoms with van der Waals surface area (Å²) < 4.78 is 5.86. The van der Waals surface area contributed by atoms with Crippen LogP contribution in [0.25, 0.3) is 0 Å². The van der Waals surface area contributed by atoms with E-state index in [-0.39, 0.29) is 5.60 Å². The van der Waals surface area contributed by atoms with Crippen LogP contribution in [0.4, 0.5) is 0 Å². The molecule has 2 saturated heterocycles. The van der Waals surface area contributed by atoms with Gasteiger partial charge in [-0.3, -0.25) is 0 Å². The lowest BCUT2D eigenvalue weighted by molar-refractivity contribution is -0.266. The minimum atomic E-state index is -0.821. The second kappa shape index (κ2) is 2.32. The lowest BCUT2D eigenvalue weighted by atomic mass is 9.58. The third kappa shape index (κ3) is 0.991. The maximum Gasteiger partial charge on any atom is 0.336 e. The van der Waals surface area contributed by atoms with E-state index < -0.39 is 11.6 Å². The first kappa shape index (κ1) is 8.72. The summed E-state index contributed by atoms with van der Waals surface area (Å²) in [7, 11) is 0. The van der Waals surface area contributed by atoms with Crippen LogP contribution in [0.15, 0.2) is 0 Å². The van der Waals surface area contributed by atoms with Crippen molar-refractivity contribution in [1.29, 1.82) is 0 Å². The second-order valence-corrected chi connectivity index (χ2v) is 5.64. The van der Waals surface area contributed by atoms with Gasteiger partial charge in [-0.25, -0.2) is 4.79 Å². The normalized spacial score (nSPS) is 54.9. The van der Waals surface area contributed by atoms with Crippen LogP contribution < -0.4 is 0 Å². The molecule has 3 heteroatoms. The summed E-state index contributed by atoms with van der Waals surface area (Å²) in [5.74, 6) is 0.451. The summed E-state index contributed by atoms with van der Waals surface area (Å²) in [6, 6.07) is 0. The molecule has 4 aliphatic rings. The minimum absolute atomic E-state index is 0.136. The van der Waals surface area contributed by atoms with Gasteiger partial charge >= 0.3 is 5.97 Å². The van der Waals surface area contributed by atoms with Crippen molar-refractivity contribution in [3.05, 3.63) is 0 Å². The molecular formula is C11H16O3. The zero-order valence-corrected chi connectivity index (χ0v) is 8.45. The fraction of sp³-hybridized carbons (Fsp3) is 0.909. The van der Waals surface area contributed by atoms with Crippen molar-refractivity contribution in [2.24, 2.45) is 11.8 Å². The van der Waals surface area contributed by atoms with Gasteiger partial charge in [-0.15, -0.1) is 0 Å². The monoisotopic (exact) mass is 196 g/mol. The molecule has 4 rings (SSSR count). The van der Waals surface area contributed by atoms with Crippen molar-refractivity contribution in [2.75, 3.05) is 0 Å². The Morgan fingerprint density at radius 2 is 1.86 bits per heavy atom. The topological polar surface area (TPSA) is 46.5 Å². The van der Waals surface area contributed by atoms with E-state index in [1.807, 2.05) is 0 Å². The average molecular weight is 196 g/mol. The molecule has 0 radical (unpaired) electrons. The summed E-state index contributed by atoms with van der Waals surface area (Å²) in [6.45, 7) is 2.09. The van der Waals surface area contributed by atoms with E-state index in [4.69, 9.17) is 4.74 Å². The fourth-order valence-electron chi connectivity index (χ4n) is 4.13. The average Bonchev–Trinajstić information content (AvgIpc) is 1.98. The first-order valence-corrected chi connectivity index (χ1v) is 5.45. The van der Waals surface area contributed by atoms with E-state index >= 15 is 0 Å². The number of hydrogen-bond acceptors (Lipinski definition) is 2. The largest absolute Gasteiger partial charge is 0.479 e. The van der Waals surface area contributed by atoms with E-state index in [1.54, 1.807) is 0 Å². The highest BCUT2D eigenvalue weighted by Gasteiger charge is 2.60. The summed E-state index contributed by atoms with van der Waals surface area (Å²) in [4.78, 5) is 11.3. The maximum absolute atomic E-state index is 11.3. The third-order valence-corrected chi connectivity index (χ3v) is 4.18. The molecule has 0 aromatic carbocycles. The Bertz CT molecular complexity index is 283. The Labute approximate surface area is 83.4 Å². The first-order chi connectivity index (χ1) is 6.51. The van der Waals surface area contributed by atoms with Crippen molar-refractivity contribution >= 4 is 5.97 Å². The Morgan fingerprint density at radius 3 is 2.29 bits per heavy atom. The maximum atomic E-state index is 11.3. The van der Waals surface area contributed by atoms with Gasteiger partial charge in [0, 0.05) is 0 Å². The molecule has 2 aliphatic carbocycles. The number of rotatable bonds is 1. The Balaban J connectivity index is 2.00. The number of ether oxygens (including phenoxy) is 1. The molecule has 4 fully saturated rings. The van der Waals surface area contributed by atoms with Crippen LogP contribution in [-0.4, -0.2) is 22.3 Å². The highest BCUT2D eigenvalue weighted by Crippen LogP contribution is 2.57. The summed E-state index contributed by atoms with van der Waals surface area (Å²) >= 11 is 0. The van der Waals surface area contributed by atoms with Crippen LogP contribution in [0.3, 0.4) is 0 Å². The first-order valence-electron chi connectivity index (χ1n) is 5.45. The van der Waals surface area contributed by atoms with E-state index in [0.717, 1.165) is 25.7 Å². The lowest BCUT2D eigenvalue weighted by Gasteiger charge is -2.59. The zero-order valence-electron chi connectivity index (χ0n) is 8.45. The molecule has 2 unspecified atom stereocenters. The molecule has 0 spiro atoms. The molecule has 2 aliphatic heterocycles. The molecule has 0 amide bonds. The Hall–Kier alpha value is -0.570. The van der Waals surface area contributed by atoms with E-state index in [2.05, 4.69) is 6.92 Å². The van der Waals surface area contributed by atoms with Crippen LogP contribution in [0.5, 0.6) is 0 Å². The Morgan fingerprint density at radius 1 is 1.29 bits per heavy atom. The number of aliphatic carboxylic acids is 1. The van der Waals surface area contributed by atoms with Gasteiger partial charge in [0.2, 0.25) is 0 Å². The molecule has 4 bridgehead atoms. The van der Waals surface area contributed by atoms with Crippen LogP contribution >= 0.6 is 0 Å². The summed E-state index contributed by atoms with van der Waals surface area (Å²) in [5, 5.41) is 9.27. The van der Waals surface area contributed by atoms with Gasteiger partial charge in [-0.1, -0.05) is 0 Å². The molecule has 2 saturated carbocycles. The minimum Gasteiger partial charge on any atom is -0.479 e. The van der Waals surface area contributed by atoms with Gasteiger partial charge in [0.05, 0.1) is 5.60 Å². The molecule has 2 atom stereocenters. The van der Waals surface area contributed by atoms with Crippen molar-refractivity contribution in [2.45, 2.75) is 50.2 Å². The van der Waals surface area contributed by atoms with Gasteiger partial charge < -0.3 is 9.84 Å². The molecule has 78 valence electrons. The molecule has 2 heterocycles. The molecule has 3 nitrogen and oxygen atoms in total. The van der Waals surface area contributed by atoms with Crippen molar-refractivity contribution in [3.8, 4) is 0 Å². The summed E-state index contributed by atoms with van der Waals surface area (Å²) in [5.41, 5.74) is -0.957. The summed E-state index contributed by atoms with van der Waals surface area (Å²) in [6.07, 6.45) is 4.86. The quantitative estimate of drug-likeness (QED) is 0.695. The number of carbonyl (C=O) groups is 1. The number of carboxylic acid groups (broad SMARTS) is 1. The van der Waals surface area contributed by atoms with Crippen LogP contribution in [0, 0.1) is 11.8 Å². The second-order valence-electron chi connectivity index (χ2n) is 5.64. The number of carboxylic acids is 1. The predicted octanol–water partition coefficient (Wildman–Crippen LogP) is 1.81. The van der Waals surface area contributed by atoms with Crippen LogP contribution in [0.2, 0.25) is 0 Å². The smallest absolute Gasteiger partial charge is 0.336 e. The molecule has 0 aromatic heterocycles. The van der Waals surface area contributed by atoms with Gasteiger partial charge in [-0.2, -0.15) is 0 Å². The van der Waals surface area contributed by atoms with Crippen molar-refractivity contribution in [1.82, 2.24) is 0 Å². The van der Waals surface area contributed by atoms with Gasteiger partial charge in [0.1, 0.15) is 0 Å². The molecule has 1 N–H and O–H groups in total. The molecule has 0 aromatic rings. The SMILES string of the molecule is CC12CC3CC(C1)CC(C(=O)O)(C3)O2. The lowest BCUT2D eigenvalue weighted by Crippen LogP contribution is -2.63. The Kier molecular flexibility index (Phi) is 1.45. The van der Waals surface area contributed by atoms with Gasteiger partial charge in [-0.05, 0) is 50.9 Å². The highest BCUT2D eigenvalue weighted by atomic mass is 16.6. The predicted molar refractivity (Wildman–Crippen MR) is 49.9 cm³/mol. The van der Waals surface area contributed by atoms with Crippen molar-refractivity contribution in [3.63, 3.8) is 0 Å². The van der Waals surface area contributed by atoms with E-state index in [1.165, 1.54) is 6.42 Å². The number of hydrogen-bond donors (Lipinski definition) is 1. The van der Waals surface area contributed by atoms with E-state index in [9.17, 15) is 9.90 Å². The zero-order chi connectivity index (χ0) is 9.97. The third-order valence-electron chi connectivity index (χ3n) is 4.18. The molecule has 14 heavy (non-hydrogen) atoms. The highest BCUT2D eigenvalue weighted by molar-refractivity contribution is 5.78. The fourth-order valence-corrected chi connectivity index (χ4v) is 4.13. The van der Waals surface area contributed by atoms with Crippen LogP contribution in [-0.2, 0) is 9.53 Å². The molecular weight excluding hydrogens is 180 g/mol.